The largest absolute Gasteiger partial charge is 0.347 e. The van der Waals surface area contributed by atoms with Crippen molar-refractivity contribution in [3.8, 4) is 0 Å². The maximum Gasteiger partial charge on any atom is 0.250 e. The average Bonchev–Trinajstić information content (AvgIpc) is 3.49. The van der Waals surface area contributed by atoms with Crippen LogP contribution in [0.3, 0.4) is 0 Å². The first-order valence-corrected chi connectivity index (χ1v) is 12.3. The Hall–Kier alpha value is -3.76. The molecule has 0 spiro atoms. The predicted octanol–water partition coefficient (Wildman–Crippen LogP) is 0.703. The Bertz CT molecular complexity index is 1150. The molecule has 0 unspecified atom stereocenters. The minimum atomic E-state index is -0.813. The summed E-state index contributed by atoms with van der Waals surface area (Å²) >= 11 is 0. The predicted molar refractivity (Wildman–Crippen MR) is 132 cm³/mol. The van der Waals surface area contributed by atoms with Gasteiger partial charge in [-0.25, -0.2) is 4.98 Å². The van der Waals surface area contributed by atoms with Crippen LogP contribution in [0.4, 0.5) is 5.69 Å². The number of anilines is 1. The van der Waals surface area contributed by atoms with Crippen LogP contribution in [-0.4, -0.2) is 68.9 Å². The van der Waals surface area contributed by atoms with Crippen molar-refractivity contribution < 1.29 is 19.2 Å². The summed E-state index contributed by atoms with van der Waals surface area (Å²) in [6.07, 6.45) is 3.43. The zero-order valence-corrected chi connectivity index (χ0v) is 21.1. The number of carbonyl (C=O) groups excluding carboxylic acids is 4. The van der Waals surface area contributed by atoms with Crippen LogP contribution in [0.25, 0.3) is 0 Å². The summed E-state index contributed by atoms with van der Waals surface area (Å²) in [5.41, 5.74) is 2.67. The van der Waals surface area contributed by atoms with Gasteiger partial charge in [-0.15, -0.1) is 0 Å². The summed E-state index contributed by atoms with van der Waals surface area (Å²) in [6, 6.07) is 3.59. The number of carbonyl (C=O) groups is 4. The Labute approximate surface area is 210 Å². The average molecular weight is 496 g/mol. The number of nitrogens with one attached hydrogen (secondary N) is 3. The number of H-pyrrole nitrogens is 1. The fraction of sp³-hybridized carbons (Fsp3) is 0.520. The second-order valence-electron chi connectivity index (χ2n) is 9.56. The first-order valence-electron chi connectivity index (χ1n) is 12.3. The number of rotatable bonds is 8. The summed E-state index contributed by atoms with van der Waals surface area (Å²) in [6.45, 7) is 5.45. The van der Waals surface area contributed by atoms with Gasteiger partial charge in [-0.05, 0) is 29.9 Å². The van der Waals surface area contributed by atoms with Crippen LogP contribution in [0.5, 0.6) is 0 Å². The van der Waals surface area contributed by atoms with E-state index in [0.717, 1.165) is 16.8 Å². The minimum Gasteiger partial charge on any atom is -0.347 e. The fourth-order valence-electron chi connectivity index (χ4n) is 5.07. The lowest BCUT2D eigenvalue weighted by Gasteiger charge is -2.33. The van der Waals surface area contributed by atoms with Crippen molar-refractivity contribution in [2.24, 2.45) is 5.92 Å². The molecule has 11 heteroatoms. The molecule has 3 heterocycles. The van der Waals surface area contributed by atoms with Crippen molar-refractivity contribution >= 4 is 29.3 Å². The van der Waals surface area contributed by atoms with Gasteiger partial charge in [-0.1, -0.05) is 38.5 Å². The van der Waals surface area contributed by atoms with Gasteiger partial charge in [0.1, 0.15) is 30.3 Å². The van der Waals surface area contributed by atoms with Crippen LogP contribution in [-0.2, 0) is 38.6 Å². The molecule has 0 aliphatic carbocycles. The maximum absolute atomic E-state index is 13.8. The number of para-hydroxylation sites is 1. The molecule has 0 saturated heterocycles. The first-order chi connectivity index (χ1) is 17.2. The molecule has 1 aromatic carbocycles. The molecule has 0 radical (unpaired) electrons. The molecule has 11 nitrogen and oxygen atoms in total. The van der Waals surface area contributed by atoms with Crippen LogP contribution in [0.2, 0.25) is 0 Å². The fourth-order valence-corrected chi connectivity index (χ4v) is 5.07. The lowest BCUT2D eigenvalue weighted by molar-refractivity contribution is -0.140. The molecule has 4 amide bonds. The molecular formula is C25H33N7O4. The van der Waals surface area contributed by atoms with Gasteiger partial charge in [0, 0.05) is 20.4 Å². The van der Waals surface area contributed by atoms with E-state index in [1.165, 1.54) is 18.2 Å². The molecule has 0 bridgehead atoms. The number of nitrogens with zero attached hydrogens (tertiary/aromatic N) is 4. The van der Waals surface area contributed by atoms with Crippen LogP contribution in [0, 0.1) is 5.92 Å². The third-order valence-electron chi connectivity index (χ3n) is 7.29. The van der Waals surface area contributed by atoms with E-state index in [4.69, 9.17) is 0 Å². The highest BCUT2D eigenvalue weighted by Crippen LogP contribution is 2.39. The van der Waals surface area contributed by atoms with Crippen molar-refractivity contribution in [3.63, 3.8) is 0 Å². The van der Waals surface area contributed by atoms with Crippen molar-refractivity contribution in [1.29, 1.82) is 0 Å². The zero-order valence-electron chi connectivity index (χ0n) is 21.1. The van der Waals surface area contributed by atoms with E-state index in [0.29, 0.717) is 31.5 Å². The third-order valence-corrected chi connectivity index (χ3v) is 7.29. The Morgan fingerprint density at radius 1 is 1.28 bits per heavy atom. The Kier molecular flexibility index (Phi) is 7.37. The number of hydrogen-bond acceptors (Lipinski definition) is 6. The number of amides is 4. The molecule has 4 rings (SSSR count). The highest BCUT2D eigenvalue weighted by atomic mass is 16.2. The summed E-state index contributed by atoms with van der Waals surface area (Å²) in [7, 11) is 1.60. The van der Waals surface area contributed by atoms with Gasteiger partial charge >= 0.3 is 0 Å². The van der Waals surface area contributed by atoms with Crippen LogP contribution < -0.4 is 15.5 Å². The van der Waals surface area contributed by atoms with Crippen LogP contribution >= 0.6 is 0 Å². The standard InChI is InChI=1S/C25H33N7O4/c1-5-14(2)21(31(4)15(3)33)24(35)29-18-10-9-16-7-6-8-17-11-19(32(22(16)17)25(18)36)23(34)26-12-20-27-13-28-30-20/h6-8,13-14,18-19,21H,5,9-12H2,1-4H3,(H,26,34)(H,29,35)(H,27,28,30)/t14-,18-,19-,21-/m0/s1. The number of likely N-dealkylation sites (N-methyl/N-ethyl adjacent to an activating group) is 1. The zero-order chi connectivity index (χ0) is 26.0. The van der Waals surface area contributed by atoms with Gasteiger partial charge in [0.15, 0.2) is 0 Å². The monoisotopic (exact) mass is 495 g/mol. The van der Waals surface area contributed by atoms with E-state index in [9.17, 15) is 19.2 Å². The Balaban J connectivity index is 1.58. The normalized spacial score (nSPS) is 20.2. The molecule has 4 atom stereocenters. The topological polar surface area (TPSA) is 140 Å². The summed E-state index contributed by atoms with van der Waals surface area (Å²) in [5.74, 6) is -0.787. The lowest BCUT2D eigenvalue weighted by Crippen LogP contribution is -2.58. The molecule has 1 aromatic heterocycles. The smallest absolute Gasteiger partial charge is 0.250 e. The number of aryl methyl sites for hydroxylation is 1. The van der Waals surface area contributed by atoms with Gasteiger partial charge in [0.25, 0.3) is 0 Å². The van der Waals surface area contributed by atoms with Crippen molar-refractivity contribution in [1.82, 2.24) is 30.7 Å². The Morgan fingerprint density at radius 2 is 2.03 bits per heavy atom. The van der Waals surface area contributed by atoms with E-state index >= 15 is 0 Å². The number of aromatic amines is 1. The molecular weight excluding hydrogens is 462 g/mol. The molecule has 0 fully saturated rings. The lowest BCUT2D eigenvalue weighted by atomic mass is 9.96. The number of benzene rings is 1. The SMILES string of the molecule is CC[C@H](C)[C@@H](C(=O)N[C@H]1CCc2cccc3c2N(C1=O)[C@H](C(=O)NCc1ncn[nH]1)C3)N(C)C(C)=O. The van der Waals surface area contributed by atoms with Crippen molar-refractivity contribution in [2.45, 2.75) is 71.1 Å². The van der Waals surface area contributed by atoms with E-state index < -0.39 is 18.1 Å². The highest BCUT2D eigenvalue weighted by molar-refractivity contribution is 6.08. The minimum absolute atomic E-state index is 0.0926. The maximum atomic E-state index is 13.8. The van der Waals surface area contributed by atoms with Crippen molar-refractivity contribution in [3.05, 3.63) is 41.5 Å². The van der Waals surface area contributed by atoms with Gasteiger partial charge < -0.3 is 15.5 Å². The summed E-state index contributed by atoms with van der Waals surface area (Å²) in [4.78, 5) is 59.5. The molecule has 2 aliphatic heterocycles. The van der Waals surface area contributed by atoms with Crippen LogP contribution in [0.15, 0.2) is 24.5 Å². The third kappa shape index (κ3) is 4.82. The van der Waals surface area contributed by atoms with Crippen molar-refractivity contribution in [2.75, 3.05) is 11.9 Å². The summed E-state index contributed by atoms with van der Waals surface area (Å²) in [5, 5.41) is 12.2. The second kappa shape index (κ2) is 10.5. The van der Waals surface area contributed by atoms with Gasteiger partial charge in [-0.3, -0.25) is 29.2 Å². The Morgan fingerprint density at radius 3 is 2.69 bits per heavy atom. The van der Waals surface area contributed by atoms with Crippen LogP contribution in [0.1, 0.15) is 50.6 Å². The highest BCUT2D eigenvalue weighted by Gasteiger charge is 2.44. The van der Waals surface area contributed by atoms with Gasteiger partial charge in [0.2, 0.25) is 23.6 Å². The van der Waals surface area contributed by atoms with Gasteiger partial charge in [0.05, 0.1) is 12.2 Å². The van der Waals surface area contributed by atoms with E-state index in [-0.39, 0.29) is 36.1 Å². The molecule has 3 N–H and O–H groups in total. The van der Waals surface area contributed by atoms with E-state index in [2.05, 4.69) is 25.8 Å². The number of aromatic nitrogens is 3. The molecule has 2 aromatic rings. The molecule has 0 saturated carbocycles. The number of hydrogen-bond donors (Lipinski definition) is 3. The van der Waals surface area contributed by atoms with Gasteiger partial charge in [-0.2, -0.15) is 5.10 Å². The quantitative estimate of drug-likeness (QED) is 0.493. The first kappa shape index (κ1) is 25.3. The molecule has 36 heavy (non-hydrogen) atoms. The summed E-state index contributed by atoms with van der Waals surface area (Å²) < 4.78 is 0. The van der Waals surface area contributed by atoms with E-state index in [1.807, 2.05) is 32.0 Å². The second-order valence-corrected chi connectivity index (χ2v) is 9.56. The molecule has 2 aliphatic rings. The van der Waals surface area contributed by atoms with E-state index in [1.54, 1.807) is 11.9 Å². The molecule has 192 valence electrons.